The average Bonchev–Trinajstić information content (AvgIpc) is 3.17. The van der Waals surface area contributed by atoms with Gasteiger partial charge in [0.15, 0.2) is 6.23 Å². The van der Waals surface area contributed by atoms with Crippen LogP contribution in [0, 0.1) is 13.8 Å². The quantitative estimate of drug-likeness (QED) is 0.626. The second-order valence-corrected chi connectivity index (χ2v) is 10.1. The standard InChI is InChI=1S/C24H21NO3S/c1-14-10-12-16(13-11-14)29(26,27)25-22-18-8-4-3-7-17(18)21-20(22)19-9-5-6-15(2)23(19)28-24(21)25/h3-13,20-22,24H,1-2H3/t20-,21-,22+,24+/m0/s1. The molecule has 0 unspecified atom stereocenters. The molecular formula is C24H21NO3S. The number of ether oxygens (including phenoxy) is 1. The molecule has 5 heteroatoms. The highest BCUT2D eigenvalue weighted by Crippen LogP contribution is 2.67. The fourth-order valence-corrected chi connectivity index (χ4v) is 7.15. The lowest BCUT2D eigenvalue weighted by Crippen LogP contribution is -2.45. The summed E-state index contributed by atoms with van der Waals surface area (Å²) < 4.78 is 35.6. The fraction of sp³-hybridized carbons (Fsp3) is 0.250. The molecule has 0 spiro atoms. The minimum Gasteiger partial charge on any atom is -0.473 e. The third-order valence-corrected chi connectivity index (χ3v) is 8.53. The lowest BCUT2D eigenvalue weighted by molar-refractivity contribution is 0.0794. The molecular weight excluding hydrogens is 382 g/mol. The second kappa shape index (κ2) is 5.71. The van der Waals surface area contributed by atoms with Crippen molar-refractivity contribution in [2.75, 3.05) is 0 Å². The van der Waals surface area contributed by atoms with Gasteiger partial charge in [-0.15, -0.1) is 0 Å². The van der Waals surface area contributed by atoms with Crippen LogP contribution >= 0.6 is 0 Å². The molecule has 4 bridgehead atoms. The summed E-state index contributed by atoms with van der Waals surface area (Å²) in [5, 5.41) is 0. The van der Waals surface area contributed by atoms with E-state index in [-0.39, 0.29) is 17.9 Å². The van der Waals surface area contributed by atoms with Gasteiger partial charge in [0.25, 0.3) is 0 Å². The Balaban J connectivity index is 1.58. The maximum Gasteiger partial charge on any atom is 0.246 e. The maximum atomic E-state index is 13.8. The van der Waals surface area contributed by atoms with Crippen molar-refractivity contribution < 1.29 is 13.2 Å². The molecule has 1 aliphatic carbocycles. The molecule has 1 saturated heterocycles. The largest absolute Gasteiger partial charge is 0.473 e. The van der Waals surface area contributed by atoms with E-state index in [0.29, 0.717) is 4.90 Å². The number of rotatable bonds is 2. The first-order valence-electron chi connectivity index (χ1n) is 9.94. The Labute approximate surface area is 170 Å². The van der Waals surface area contributed by atoms with Gasteiger partial charge >= 0.3 is 0 Å². The van der Waals surface area contributed by atoms with Crippen LogP contribution in [-0.2, 0) is 10.0 Å². The molecule has 4 atom stereocenters. The Bertz CT molecular complexity index is 1250. The smallest absolute Gasteiger partial charge is 0.246 e. The Morgan fingerprint density at radius 1 is 0.793 bits per heavy atom. The molecule has 3 aromatic rings. The van der Waals surface area contributed by atoms with Crippen molar-refractivity contribution in [1.82, 2.24) is 4.31 Å². The molecule has 6 rings (SSSR count). The molecule has 0 aromatic heterocycles. The molecule has 3 aromatic carbocycles. The molecule has 2 heterocycles. The molecule has 0 saturated carbocycles. The van der Waals surface area contributed by atoms with Gasteiger partial charge in [-0.05, 0) is 42.7 Å². The lowest BCUT2D eigenvalue weighted by Gasteiger charge is -2.36. The summed E-state index contributed by atoms with van der Waals surface area (Å²) in [6, 6.07) is 21.2. The highest BCUT2D eigenvalue weighted by atomic mass is 32.2. The zero-order valence-electron chi connectivity index (χ0n) is 16.2. The van der Waals surface area contributed by atoms with Crippen LogP contribution in [0.25, 0.3) is 0 Å². The van der Waals surface area contributed by atoms with Crippen LogP contribution in [0.15, 0.2) is 71.6 Å². The van der Waals surface area contributed by atoms with E-state index in [1.165, 1.54) is 5.56 Å². The molecule has 1 fully saturated rings. The van der Waals surface area contributed by atoms with Crippen LogP contribution in [0.3, 0.4) is 0 Å². The van der Waals surface area contributed by atoms with Gasteiger partial charge in [-0.3, -0.25) is 0 Å². The highest BCUT2D eigenvalue weighted by molar-refractivity contribution is 7.89. The summed E-state index contributed by atoms with van der Waals surface area (Å²) in [6.45, 7) is 3.98. The van der Waals surface area contributed by atoms with Crippen molar-refractivity contribution in [1.29, 1.82) is 0 Å². The number of fused-ring (bicyclic) bond motifs is 3. The summed E-state index contributed by atoms with van der Waals surface area (Å²) in [5.74, 6) is 0.949. The third kappa shape index (κ3) is 2.15. The zero-order chi connectivity index (χ0) is 19.9. The van der Waals surface area contributed by atoms with Gasteiger partial charge in [-0.25, -0.2) is 8.42 Å². The van der Waals surface area contributed by atoms with E-state index in [9.17, 15) is 8.42 Å². The normalized spacial score (nSPS) is 26.7. The summed E-state index contributed by atoms with van der Waals surface area (Å²) in [5.41, 5.74) is 5.53. The first-order valence-corrected chi connectivity index (χ1v) is 11.4. The monoisotopic (exact) mass is 403 g/mol. The Morgan fingerprint density at radius 2 is 1.48 bits per heavy atom. The Morgan fingerprint density at radius 3 is 2.24 bits per heavy atom. The number of nitrogens with zero attached hydrogens (tertiary/aromatic N) is 1. The van der Waals surface area contributed by atoms with Gasteiger partial charge in [0.2, 0.25) is 10.0 Å². The summed E-state index contributed by atoms with van der Waals surface area (Å²) >= 11 is 0. The molecule has 4 nitrogen and oxygen atoms in total. The Kier molecular flexibility index (Phi) is 3.40. The number of hydrogen-bond donors (Lipinski definition) is 0. The van der Waals surface area contributed by atoms with E-state index in [1.807, 2.05) is 50.2 Å². The number of aryl methyl sites for hydroxylation is 2. The van der Waals surface area contributed by atoms with Crippen LogP contribution in [-0.4, -0.2) is 19.0 Å². The highest BCUT2D eigenvalue weighted by Gasteiger charge is 2.64. The van der Waals surface area contributed by atoms with Crippen molar-refractivity contribution in [2.45, 2.75) is 42.8 Å². The first-order chi connectivity index (χ1) is 14.0. The van der Waals surface area contributed by atoms with Crippen molar-refractivity contribution in [2.24, 2.45) is 0 Å². The Hall–Kier alpha value is -2.63. The number of sulfonamides is 1. The van der Waals surface area contributed by atoms with Crippen molar-refractivity contribution >= 4 is 10.0 Å². The maximum absolute atomic E-state index is 13.8. The van der Waals surface area contributed by atoms with E-state index in [0.717, 1.165) is 28.0 Å². The van der Waals surface area contributed by atoms with E-state index < -0.39 is 16.3 Å². The van der Waals surface area contributed by atoms with Gasteiger partial charge in [-0.2, -0.15) is 4.31 Å². The number of benzene rings is 3. The molecule has 2 aliphatic heterocycles. The van der Waals surface area contributed by atoms with Gasteiger partial charge in [0.05, 0.1) is 10.9 Å². The molecule has 0 radical (unpaired) electrons. The SMILES string of the molecule is Cc1ccc(S(=O)(=O)N2[C@@H]3Oc4c(C)cccc4[C@H]4[C@@H]3c3ccccc3[C@H]42)cc1. The zero-order valence-corrected chi connectivity index (χ0v) is 17.1. The number of para-hydroxylation sites is 1. The minimum absolute atomic E-state index is 0.0192. The van der Waals surface area contributed by atoms with Crippen LogP contribution in [0.2, 0.25) is 0 Å². The lowest BCUT2D eigenvalue weighted by atomic mass is 9.84. The second-order valence-electron chi connectivity index (χ2n) is 8.28. The van der Waals surface area contributed by atoms with E-state index in [2.05, 4.69) is 18.2 Å². The third-order valence-electron chi connectivity index (χ3n) is 6.67. The summed E-state index contributed by atoms with van der Waals surface area (Å²) in [6.07, 6.45) is -0.514. The topological polar surface area (TPSA) is 46.6 Å². The summed E-state index contributed by atoms with van der Waals surface area (Å²) in [4.78, 5) is 0.322. The molecule has 3 aliphatic rings. The van der Waals surface area contributed by atoms with Crippen LogP contribution in [0.5, 0.6) is 5.75 Å². The van der Waals surface area contributed by atoms with Gasteiger partial charge in [0.1, 0.15) is 5.75 Å². The molecule has 29 heavy (non-hydrogen) atoms. The first kappa shape index (κ1) is 17.2. The van der Waals surface area contributed by atoms with E-state index in [1.54, 1.807) is 16.4 Å². The minimum atomic E-state index is -3.71. The van der Waals surface area contributed by atoms with Gasteiger partial charge in [0, 0.05) is 17.4 Å². The average molecular weight is 404 g/mol. The van der Waals surface area contributed by atoms with Gasteiger partial charge in [-0.1, -0.05) is 60.2 Å². The molecule has 0 N–H and O–H groups in total. The fourth-order valence-electron chi connectivity index (χ4n) is 5.44. The predicted molar refractivity (Wildman–Crippen MR) is 110 cm³/mol. The van der Waals surface area contributed by atoms with Crippen LogP contribution in [0.1, 0.15) is 45.7 Å². The summed E-state index contributed by atoms with van der Waals surface area (Å²) in [7, 11) is -3.71. The van der Waals surface area contributed by atoms with Crippen molar-refractivity contribution in [3.8, 4) is 5.75 Å². The van der Waals surface area contributed by atoms with Crippen molar-refractivity contribution in [3.05, 3.63) is 94.5 Å². The number of hydrogen-bond acceptors (Lipinski definition) is 3. The van der Waals surface area contributed by atoms with Crippen LogP contribution in [0.4, 0.5) is 0 Å². The van der Waals surface area contributed by atoms with Crippen molar-refractivity contribution in [3.63, 3.8) is 0 Å². The van der Waals surface area contributed by atoms with E-state index in [4.69, 9.17) is 4.74 Å². The predicted octanol–water partition coefficient (Wildman–Crippen LogP) is 4.65. The molecule has 146 valence electrons. The molecule has 0 amide bonds. The van der Waals surface area contributed by atoms with E-state index >= 15 is 0 Å². The van der Waals surface area contributed by atoms with Gasteiger partial charge < -0.3 is 4.74 Å². The van der Waals surface area contributed by atoms with Crippen LogP contribution < -0.4 is 4.74 Å².